The average Bonchev–Trinajstić information content (AvgIpc) is 2.38. The Kier molecular flexibility index (Phi) is 3.94. The van der Waals surface area contributed by atoms with Crippen LogP contribution in [0.5, 0.6) is 0 Å². The van der Waals surface area contributed by atoms with E-state index in [1.165, 1.54) is 0 Å². The summed E-state index contributed by atoms with van der Waals surface area (Å²) in [5.41, 5.74) is 2.09. The average molecular weight is 245 g/mol. The van der Waals surface area contributed by atoms with E-state index in [1.807, 2.05) is 60.7 Å². The zero-order valence-electron chi connectivity index (χ0n) is 9.34. The van der Waals surface area contributed by atoms with Crippen LogP contribution in [0.25, 0.3) is 0 Å². The minimum atomic E-state index is -0.306. The summed E-state index contributed by atoms with van der Waals surface area (Å²) in [5, 5.41) is -0.306. The van der Waals surface area contributed by atoms with E-state index < -0.39 is 0 Å². The lowest BCUT2D eigenvalue weighted by molar-refractivity contribution is -0.113. The fraction of sp³-hybridized carbons (Fsp3) is 0.133. The Balaban J connectivity index is 2.23. The molecule has 0 bridgehead atoms. The van der Waals surface area contributed by atoms with Crippen molar-refractivity contribution in [2.75, 3.05) is 0 Å². The number of hydrogen-bond donors (Lipinski definition) is 0. The van der Waals surface area contributed by atoms with Crippen LogP contribution in [0.2, 0.25) is 0 Å². The molecule has 0 aliphatic carbocycles. The van der Waals surface area contributed by atoms with E-state index in [4.69, 9.17) is 11.6 Å². The van der Waals surface area contributed by atoms with E-state index in [9.17, 15) is 4.79 Å². The Bertz CT molecular complexity index is 479. The molecule has 2 aromatic rings. The number of carbonyl (C=O) groups excluding carboxylic acids is 1. The van der Waals surface area contributed by atoms with Gasteiger partial charge in [0, 0.05) is 0 Å². The highest BCUT2D eigenvalue weighted by molar-refractivity contribution is 6.64. The maximum Gasteiger partial charge on any atom is 0.229 e. The van der Waals surface area contributed by atoms with Crippen molar-refractivity contribution >= 4 is 16.8 Å². The van der Waals surface area contributed by atoms with Crippen LogP contribution in [0.4, 0.5) is 0 Å². The highest BCUT2D eigenvalue weighted by atomic mass is 35.5. The lowest BCUT2D eigenvalue weighted by Gasteiger charge is -2.12. The van der Waals surface area contributed by atoms with Gasteiger partial charge in [0.1, 0.15) is 0 Å². The molecule has 17 heavy (non-hydrogen) atoms. The van der Waals surface area contributed by atoms with Crippen molar-refractivity contribution in [1.82, 2.24) is 0 Å². The molecule has 0 amide bonds. The monoisotopic (exact) mass is 244 g/mol. The normalized spacial score (nSPS) is 12.1. The quantitative estimate of drug-likeness (QED) is 0.748. The molecule has 0 aromatic heterocycles. The molecule has 2 heteroatoms. The van der Waals surface area contributed by atoms with Gasteiger partial charge in [-0.25, -0.2) is 0 Å². The molecule has 86 valence electrons. The van der Waals surface area contributed by atoms with E-state index in [1.54, 1.807) is 0 Å². The summed E-state index contributed by atoms with van der Waals surface area (Å²) >= 11 is 5.69. The number of carbonyl (C=O) groups is 1. The first-order chi connectivity index (χ1) is 8.27. The van der Waals surface area contributed by atoms with Crippen LogP contribution >= 0.6 is 11.6 Å². The van der Waals surface area contributed by atoms with Gasteiger partial charge >= 0.3 is 0 Å². The summed E-state index contributed by atoms with van der Waals surface area (Å²) < 4.78 is 0. The number of hydrogen-bond acceptors (Lipinski definition) is 1. The Morgan fingerprint density at radius 1 is 0.941 bits per heavy atom. The molecule has 1 atom stereocenters. The predicted molar refractivity (Wildman–Crippen MR) is 70.2 cm³/mol. The largest absolute Gasteiger partial charge is 0.281 e. The maximum absolute atomic E-state index is 11.5. The number of halogens is 1. The third-order valence-electron chi connectivity index (χ3n) is 2.76. The summed E-state index contributed by atoms with van der Waals surface area (Å²) in [6.45, 7) is 0. The first-order valence-corrected chi connectivity index (χ1v) is 5.93. The zero-order valence-corrected chi connectivity index (χ0v) is 10.1. The van der Waals surface area contributed by atoms with E-state index in [2.05, 4.69) is 0 Å². The van der Waals surface area contributed by atoms with Crippen molar-refractivity contribution in [1.29, 1.82) is 0 Å². The van der Waals surface area contributed by atoms with Crippen LogP contribution in [-0.4, -0.2) is 5.24 Å². The summed E-state index contributed by atoms with van der Waals surface area (Å²) in [5.74, 6) is -0.264. The van der Waals surface area contributed by atoms with Gasteiger partial charge in [0.05, 0.1) is 5.92 Å². The highest BCUT2D eigenvalue weighted by Crippen LogP contribution is 2.23. The van der Waals surface area contributed by atoms with E-state index >= 15 is 0 Å². The highest BCUT2D eigenvalue weighted by Gasteiger charge is 2.18. The lowest BCUT2D eigenvalue weighted by atomic mass is 9.93. The Morgan fingerprint density at radius 3 is 2.00 bits per heavy atom. The summed E-state index contributed by atoms with van der Waals surface area (Å²) in [6, 6.07) is 19.6. The fourth-order valence-electron chi connectivity index (χ4n) is 1.86. The first-order valence-electron chi connectivity index (χ1n) is 5.55. The molecule has 0 saturated carbocycles. The Morgan fingerprint density at radius 2 is 1.47 bits per heavy atom. The third kappa shape index (κ3) is 3.18. The summed E-state index contributed by atoms with van der Waals surface area (Å²) in [7, 11) is 0. The van der Waals surface area contributed by atoms with Gasteiger partial charge in [0.15, 0.2) is 0 Å². The van der Waals surface area contributed by atoms with Gasteiger partial charge in [0.2, 0.25) is 5.24 Å². The van der Waals surface area contributed by atoms with Crippen molar-refractivity contribution in [3.63, 3.8) is 0 Å². The molecular formula is C15H13ClO. The molecule has 1 nitrogen and oxygen atoms in total. The number of benzene rings is 2. The predicted octanol–water partition coefficient (Wildman–Crippen LogP) is 3.78. The molecule has 0 saturated heterocycles. The van der Waals surface area contributed by atoms with Crippen molar-refractivity contribution in [2.45, 2.75) is 12.3 Å². The second kappa shape index (κ2) is 5.65. The van der Waals surface area contributed by atoms with Crippen LogP contribution < -0.4 is 0 Å². The second-order valence-electron chi connectivity index (χ2n) is 3.96. The van der Waals surface area contributed by atoms with E-state index in [-0.39, 0.29) is 11.2 Å². The number of rotatable bonds is 4. The van der Waals surface area contributed by atoms with Crippen LogP contribution in [-0.2, 0) is 11.2 Å². The van der Waals surface area contributed by atoms with Gasteiger partial charge < -0.3 is 0 Å². The summed E-state index contributed by atoms with van der Waals surface area (Å²) in [4.78, 5) is 11.5. The van der Waals surface area contributed by atoms with Crippen LogP contribution in [0.15, 0.2) is 60.7 Å². The molecule has 2 rings (SSSR count). The second-order valence-corrected chi connectivity index (χ2v) is 4.33. The standard InChI is InChI=1S/C15H13ClO/c16-15(17)14(13-9-5-2-6-10-13)11-12-7-3-1-4-8-12/h1-10,14H,11H2. The zero-order chi connectivity index (χ0) is 12.1. The van der Waals surface area contributed by atoms with Crippen molar-refractivity contribution < 1.29 is 4.79 Å². The first kappa shape index (κ1) is 11.9. The minimum Gasteiger partial charge on any atom is -0.281 e. The molecule has 0 aliphatic heterocycles. The van der Waals surface area contributed by atoms with Crippen LogP contribution in [0.3, 0.4) is 0 Å². The fourth-order valence-corrected chi connectivity index (χ4v) is 2.07. The molecule has 0 heterocycles. The molecule has 0 N–H and O–H groups in total. The van der Waals surface area contributed by atoms with Gasteiger partial charge in [-0.3, -0.25) is 4.79 Å². The van der Waals surface area contributed by atoms with Crippen molar-refractivity contribution in [2.24, 2.45) is 0 Å². The molecule has 2 aromatic carbocycles. The van der Waals surface area contributed by atoms with Gasteiger partial charge in [-0.05, 0) is 29.1 Å². The van der Waals surface area contributed by atoms with Gasteiger partial charge in [-0.15, -0.1) is 0 Å². The van der Waals surface area contributed by atoms with Crippen molar-refractivity contribution in [3.8, 4) is 0 Å². The van der Waals surface area contributed by atoms with E-state index in [0.29, 0.717) is 6.42 Å². The van der Waals surface area contributed by atoms with Gasteiger partial charge in [-0.2, -0.15) is 0 Å². The van der Waals surface area contributed by atoms with Gasteiger partial charge in [-0.1, -0.05) is 60.7 Å². The molecular weight excluding hydrogens is 232 g/mol. The Hall–Kier alpha value is -1.60. The van der Waals surface area contributed by atoms with Gasteiger partial charge in [0.25, 0.3) is 0 Å². The van der Waals surface area contributed by atoms with Crippen LogP contribution in [0, 0.1) is 0 Å². The minimum absolute atomic E-state index is 0.264. The topological polar surface area (TPSA) is 17.1 Å². The molecule has 1 unspecified atom stereocenters. The molecule has 0 aliphatic rings. The third-order valence-corrected chi connectivity index (χ3v) is 3.02. The maximum atomic E-state index is 11.5. The molecule has 0 radical (unpaired) electrons. The molecule has 0 fully saturated rings. The lowest BCUT2D eigenvalue weighted by Crippen LogP contribution is -2.10. The Labute approximate surface area is 106 Å². The van der Waals surface area contributed by atoms with E-state index in [0.717, 1.165) is 11.1 Å². The van der Waals surface area contributed by atoms with Crippen LogP contribution in [0.1, 0.15) is 17.0 Å². The molecule has 0 spiro atoms. The van der Waals surface area contributed by atoms with Crippen molar-refractivity contribution in [3.05, 3.63) is 71.8 Å². The summed E-state index contributed by atoms with van der Waals surface area (Å²) in [6.07, 6.45) is 0.646. The SMILES string of the molecule is O=C(Cl)C(Cc1ccccc1)c1ccccc1. The smallest absolute Gasteiger partial charge is 0.229 e.